The maximum atomic E-state index is 6.05. The van der Waals surface area contributed by atoms with Gasteiger partial charge in [0.25, 0.3) is 0 Å². The molecule has 86 valence electrons. The van der Waals surface area contributed by atoms with Gasteiger partial charge < -0.3 is 4.43 Å². The largest absolute Gasteiger partial charge is 0.417 e. The molecule has 15 heavy (non-hydrogen) atoms. The normalized spacial score (nSPS) is 11.9. The first-order chi connectivity index (χ1) is 7.14. The topological polar surface area (TPSA) is 9.23 Å². The minimum atomic E-state index is -1.35. The van der Waals surface area contributed by atoms with Crippen molar-refractivity contribution in [2.45, 2.75) is 45.3 Å². The summed E-state index contributed by atoms with van der Waals surface area (Å²) in [6.45, 7) is 7.81. The Bertz CT molecular complexity index is 257. The molecule has 0 radical (unpaired) electrons. The summed E-state index contributed by atoms with van der Waals surface area (Å²) < 4.78 is 6.05. The molecule has 1 heterocycles. The molecule has 0 saturated carbocycles. The molecule has 0 atom stereocenters. The molecule has 0 aliphatic rings. The van der Waals surface area contributed by atoms with Gasteiger partial charge in [0, 0.05) is 17.9 Å². The van der Waals surface area contributed by atoms with Crippen molar-refractivity contribution >= 4 is 19.7 Å². The molecule has 3 heteroatoms. The summed E-state index contributed by atoms with van der Waals surface area (Å²) in [5, 5.41) is 2.13. The molecule has 0 amide bonds. The highest BCUT2D eigenvalue weighted by atomic mass is 32.1. The number of thiophene rings is 1. The zero-order valence-corrected chi connectivity index (χ0v) is 11.9. The van der Waals surface area contributed by atoms with Crippen LogP contribution in [0.5, 0.6) is 0 Å². The molecular weight excluding hydrogens is 220 g/mol. The second-order valence-corrected chi connectivity index (χ2v) is 9.88. The summed E-state index contributed by atoms with van der Waals surface area (Å²) in [5.74, 6) is 0. The van der Waals surface area contributed by atoms with E-state index in [1.54, 1.807) is 0 Å². The standard InChI is InChI=1S/C12H22OSSi/c1-4-5-11-15(2,3)13-9-8-12-7-6-10-14-12/h6-7,10H,4-5,8-9,11H2,1-3H3. The van der Waals surface area contributed by atoms with Crippen LogP contribution in [-0.2, 0) is 10.8 Å². The third-order valence-corrected chi connectivity index (χ3v) is 6.03. The molecule has 0 unspecified atom stereocenters. The van der Waals surface area contributed by atoms with Crippen molar-refractivity contribution in [1.82, 2.24) is 0 Å². The highest BCUT2D eigenvalue weighted by molar-refractivity contribution is 7.09. The SMILES string of the molecule is CCCC[Si](C)(C)OCCc1cccs1. The van der Waals surface area contributed by atoms with Crippen LogP contribution in [0, 0.1) is 0 Å². The zero-order valence-electron chi connectivity index (χ0n) is 10.1. The lowest BCUT2D eigenvalue weighted by molar-refractivity contribution is 0.311. The third-order valence-electron chi connectivity index (χ3n) is 2.55. The van der Waals surface area contributed by atoms with Crippen molar-refractivity contribution in [3.8, 4) is 0 Å². The highest BCUT2D eigenvalue weighted by Crippen LogP contribution is 2.16. The van der Waals surface area contributed by atoms with Gasteiger partial charge >= 0.3 is 0 Å². The number of hydrogen-bond acceptors (Lipinski definition) is 2. The summed E-state index contributed by atoms with van der Waals surface area (Å²) in [6, 6.07) is 5.60. The van der Waals surface area contributed by atoms with E-state index in [4.69, 9.17) is 4.43 Å². The van der Waals surface area contributed by atoms with Crippen LogP contribution >= 0.6 is 11.3 Å². The Morgan fingerprint density at radius 3 is 2.80 bits per heavy atom. The minimum absolute atomic E-state index is 0.906. The molecule has 0 bridgehead atoms. The number of rotatable bonds is 7. The second-order valence-electron chi connectivity index (χ2n) is 4.54. The zero-order chi connectivity index (χ0) is 11.1. The molecule has 0 saturated heterocycles. The van der Waals surface area contributed by atoms with Crippen LogP contribution in [0.15, 0.2) is 17.5 Å². The first-order valence-electron chi connectivity index (χ1n) is 5.80. The Balaban J connectivity index is 2.18. The lowest BCUT2D eigenvalue weighted by atomic mass is 10.4. The molecule has 0 aromatic carbocycles. The Hall–Kier alpha value is -0.123. The Labute approximate surface area is 98.6 Å². The van der Waals surface area contributed by atoms with Gasteiger partial charge in [-0.25, -0.2) is 0 Å². The van der Waals surface area contributed by atoms with E-state index in [0.717, 1.165) is 13.0 Å². The minimum Gasteiger partial charge on any atom is -0.417 e. The summed E-state index contributed by atoms with van der Waals surface area (Å²) in [7, 11) is -1.35. The maximum Gasteiger partial charge on any atom is 0.186 e. The van der Waals surface area contributed by atoms with Gasteiger partial charge in [-0.2, -0.15) is 0 Å². The fraction of sp³-hybridized carbons (Fsp3) is 0.667. The molecule has 1 rings (SSSR count). The number of unbranched alkanes of at least 4 members (excludes halogenated alkanes) is 1. The third kappa shape index (κ3) is 5.49. The van der Waals surface area contributed by atoms with E-state index in [1.165, 1.54) is 23.8 Å². The summed E-state index contributed by atoms with van der Waals surface area (Å²) in [4.78, 5) is 1.44. The molecule has 1 aromatic rings. The maximum absolute atomic E-state index is 6.05. The smallest absolute Gasteiger partial charge is 0.186 e. The second kappa shape index (κ2) is 6.46. The predicted molar refractivity (Wildman–Crippen MR) is 71.2 cm³/mol. The molecule has 0 aliphatic carbocycles. The van der Waals surface area contributed by atoms with Crippen LogP contribution in [0.3, 0.4) is 0 Å². The first kappa shape index (κ1) is 12.9. The Kier molecular flexibility index (Phi) is 5.57. The quantitative estimate of drug-likeness (QED) is 0.647. The monoisotopic (exact) mass is 242 g/mol. The molecule has 0 spiro atoms. The van der Waals surface area contributed by atoms with Crippen molar-refractivity contribution in [1.29, 1.82) is 0 Å². The van der Waals surface area contributed by atoms with Crippen molar-refractivity contribution in [2.24, 2.45) is 0 Å². The van der Waals surface area contributed by atoms with E-state index in [1.807, 2.05) is 11.3 Å². The van der Waals surface area contributed by atoms with E-state index in [0.29, 0.717) is 0 Å². The highest BCUT2D eigenvalue weighted by Gasteiger charge is 2.20. The fourth-order valence-corrected chi connectivity index (χ4v) is 4.25. The Morgan fingerprint density at radius 1 is 1.40 bits per heavy atom. The van der Waals surface area contributed by atoms with E-state index >= 15 is 0 Å². The van der Waals surface area contributed by atoms with Crippen LogP contribution < -0.4 is 0 Å². The van der Waals surface area contributed by atoms with E-state index < -0.39 is 8.32 Å². The summed E-state index contributed by atoms with van der Waals surface area (Å²) in [6.07, 6.45) is 3.68. The van der Waals surface area contributed by atoms with Crippen LogP contribution in [0.25, 0.3) is 0 Å². The van der Waals surface area contributed by atoms with Gasteiger partial charge in [0.05, 0.1) is 0 Å². The van der Waals surface area contributed by atoms with Gasteiger partial charge in [0.1, 0.15) is 0 Å². The molecule has 1 aromatic heterocycles. The average molecular weight is 242 g/mol. The molecule has 0 fully saturated rings. The van der Waals surface area contributed by atoms with Gasteiger partial charge in [0.15, 0.2) is 8.32 Å². The van der Waals surface area contributed by atoms with Crippen molar-refractivity contribution in [3.05, 3.63) is 22.4 Å². The number of hydrogen-bond donors (Lipinski definition) is 0. The van der Waals surface area contributed by atoms with Gasteiger partial charge in [-0.15, -0.1) is 11.3 Å². The van der Waals surface area contributed by atoms with Gasteiger partial charge in [-0.05, 0) is 30.6 Å². The summed E-state index contributed by atoms with van der Waals surface area (Å²) in [5.41, 5.74) is 0. The molecular formula is C12H22OSSi. The first-order valence-corrected chi connectivity index (χ1v) is 9.80. The van der Waals surface area contributed by atoms with E-state index in [-0.39, 0.29) is 0 Å². The van der Waals surface area contributed by atoms with E-state index in [9.17, 15) is 0 Å². The summed E-state index contributed by atoms with van der Waals surface area (Å²) >= 11 is 1.83. The Morgan fingerprint density at radius 2 is 2.20 bits per heavy atom. The molecule has 0 aliphatic heterocycles. The van der Waals surface area contributed by atoms with Crippen LogP contribution in [-0.4, -0.2) is 14.9 Å². The van der Waals surface area contributed by atoms with Crippen molar-refractivity contribution in [2.75, 3.05) is 6.61 Å². The van der Waals surface area contributed by atoms with E-state index in [2.05, 4.69) is 37.5 Å². The molecule has 0 N–H and O–H groups in total. The predicted octanol–water partition coefficient (Wildman–Crippen LogP) is 4.31. The lowest BCUT2D eigenvalue weighted by Crippen LogP contribution is -2.30. The lowest BCUT2D eigenvalue weighted by Gasteiger charge is -2.22. The van der Waals surface area contributed by atoms with Crippen molar-refractivity contribution in [3.63, 3.8) is 0 Å². The average Bonchev–Trinajstić information content (AvgIpc) is 2.67. The molecule has 1 nitrogen and oxygen atoms in total. The van der Waals surface area contributed by atoms with Gasteiger partial charge in [0.2, 0.25) is 0 Å². The van der Waals surface area contributed by atoms with Gasteiger partial charge in [-0.3, -0.25) is 0 Å². The van der Waals surface area contributed by atoms with Gasteiger partial charge in [-0.1, -0.05) is 25.8 Å². The van der Waals surface area contributed by atoms with Crippen LogP contribution in [0.1, 0.15) is 24.6 Å². The van der Waals surface area contributed by atoms with Crippen molar-refractivity contribution < 1.29 is 4.43 Å². The van der Waals surface area contributed by atoms with Crippen LogP contribution in [0.2, 0.25) is 19.1 Å². The fourth-order valence-electron chi connectivity index (χ4n) is 1.56. The van der Waals surface area contributed by atoms with Crippen LogP contribution in [0.4, 0.5) is 0 Å².